The molecular weight excluding hydrogens is 438 g/mol. The van der Waals surface area contributed by atoms with Crippen LogP contribution in [0.2, 0.25) is 0 Å². The number of hydrogen-bond donors (Lipinski definition) is 2. The van der Waals surface area contributed by atoms with Crippen molar-refractivity contribution in [1.29, 1.82) is 0 Å². The number of anilines is 1. The largest absolute Gasteiger partial charge is 0.410 e. The molecule has 0 unspecified atom stereocenters. The van der Waals surface area contributed by atoms with Gasteiger partial charge in [-0.05, 0) is 29.7 Å². The lowest BCUT2D eigenvalue weighted by Gasteiger charge is -2.34. The molecule has 174 valence electrons. The average Bonchev–Trinajstić information content (AvgIpc) is 3.19. The highest BCUT2D eigenvalue weighted by molar-refractivity contribution is 5.80. The van der Waals surface area contributed by atoms with Crippen LogP contribution in [0.25, 0.3) is 0 Å². The molecule has 33 heavy (non-hydrogen) atoms. The number of aryl methyl sites for hydroxylation is 1. The number of pyridine rings is 1. The zero-order valence-corrected chi connectivity index (χ0v) is 17.9. The minimum absolute atomic E-state index is 0.0775. The number of amides is 1. The van der Waals surface area contributed by atoms with Gasteiger partial charge in [-0.3, -0.25) is 9.78 Å². The first-order valence-corrected chi connectivity index (χ1v) is 10.6. The Hall–Kier alpha value is -3.43. The predicted octanol–water partition coefficient (Wildman–Crippen LogP) is 4.50. The second-order valence-corrected chi connectivity index (χ2v) is 7.93. The van der Waals surface area contributed by atoms with E-state index in [4.69, 9.17) is 0 Å². The molecule has 10 heteroatoms. The Labute approximate surface area is 188 Å². The summed E-state index contributed by atoms with van der Waals surface area (Å²) < 4.78 is 56.1. The summed E-state index contributed by atoms with van der Waals surface area (Å²) in [7, 11) is 0. The van der Waals surface area contributed by atoms with E-state index in [1.807, 2.05) is 31.2 Å². The van der Waals surface area contributed by atoms with Crippen LogP contribution in [-0.4, -0.2) is 26.8 Å². The highest BCUT2D eigenvalue weighted by Crippen LogP contribution is 2.44. The fraction of sp³-hybridized carbons (Fsp3) is 0.348. The maximum atomic E-state index is 13.8. The van der Waals surface area contributed by atoms with Crippen molar-refractivity contribution in [2.24, 2.45) is 0 Å². The van der Waals surface area contributed by atoms with Crippen LogP contribution in [0, 0.1) is 5.82 Å². The van der Waals surface area contributed by atoms with Gasteiger partial charge in [-0.1, -0.05) is 31.2 Å². The average molecular weight is 461 g/mol. The van der Waals surface area contributed by atoms with Crippen molar-refractivity contribution in [3.63, 3.8) is 0 Å². The summed E-state index contributed by atoms with van der Waals surface area (Å²) in [5, 5.41) is 9.62. The van der Waals surface area contributed by atoms with Crippen molar-refractivity contribution in [2.75, 3.05) is 5.32 Å². The molecule has 1 aromatic carbocycles. The molecule has 2 N–H and O–H groups in total. The summed E-state index contributed by atoms with van der Waals surface area (Å²) in [6, 6.07) is 7.71. The van der Waals surface area contributed by atoms with E-state index in [1.165, 1.54) is 24.5 Å². The molecule has 0 saturated carbocycles. The Bertz CT molecular complexity index is 1130. The van der Waals surface area contributed by atoms with E-state index in [0.717, 1.165) is 22.2 Å². The number of alkyl halides is 3. The van der Waals surface area contributed by atoms with Crippen molar-refractivity contribution < 1.29 is 22.4 Å². The number of hydrogen-bond acceptors (Lipinski definition) is 4. The molecule has 2 aromatic heterocycles. The first-order valence-electron chi connectivity index (χ1n) is 10.6. The Kier molecular flexibility index (Phi) is 6.35. The van der Waals surface area contributed by atoms with Crippen LogP contribution in [-0.2, 0) is 24.2 Å². The van der Waals surface area contributed by atoms with E-state index in [1.54, 1.807) is 0 Å². The molecule has 1 amide bonds. The number of carbonyl (C=O) groups is 1. The Morgan fingerprint density at radius 2 is 2.00 bits per heavy atom. The number of nitrogens with zero attached hydrogens (tertiary/aromatic N) is 3. The normalized spacial score (nSPS) is 17.8. The van der Waals surface area contributed by atoms with Gasteiger partial charge < -0.3 is 10.6 Å². The third kappa shape index (κ3) is 4.99. The van der Waals surface area contributed by atoms with Crippen molar-refractivity contribution in [3.05, 3.63) is 77.0 Å². The van der Waals surface area contributed by atoms with Crippen molar-refractivity contribution in [3.8, 4) is 0 Å². The number of rotatable bonds is 6. The fourth-order valence-corrected chi connectivity index (χ4v) is 3.91. The van der Waals surface area contributed by atoms with Crippen LogP contribution in [0.4, 0.5) is 23.4 Å². The number of aromatic nitrogens is 3. The lowest BCUT2D eigenvalue weighted by atomic mass is 9.95. The summed E-state index contributed by atoms with van der Waals surface area (Å²) in [5.74, 6) is -0.865. The molecule has 1 aliphatic rings. The molecule has 2 atom stereocenters. The van der Waals surface area contributed by atoms with Gasteiger partial charge in [-0.2, -0.15) is 18.3 Å². The summed E-state index contributed by atoms with van der Waals surface area (Å²) in [4.78, 5) is 16.3. The Balaban J connectivity index is 1.54. The number of benzene rings is 1. The molecule has 0 saturated heterocycles. The quantitative estimate of drug-likeness (QED) is 0.531. The summed E-state index contributed by atoms with van der Waals surface area (Å²) >= 11 is 0. The van der Waals surface area contributed by atoms with Gasteiger partial charge in [0.2, 0.25) is 5.91 Å². The second kappa shape index (κ2) is 9.21. The predicted molar refractivity (Wildman–Crippen MR) is 114 cm³/mol. The van der Waals surface area contributed by atoms with Crippen LogP contribution >= 0.6 is 0 Å². The molecule has 0 spiro atoms. The molecule has 0 fully saturated rings. The van der Waals surface area contributed by atoms with Crippen molar-refractivity contribution >= 4 is 11.7 Å². The maximum Gasteiger partial charge on any atom is 0.410 e. The zero-order valence-electron chi connectivity index (χ0n) is 17.9. The van der Waals surface area contributed by atoms with E-state index < -0.39 is 30.0 Å². The maximum absolute atomic E-state index is 13.8. The lowest BCUT2D eigenvalue weighted by Crippen LogP contribution is -2.36. The lowest BCUT2D eigenvalue weighted by molar-refractivity contribution is -0.173. The van der Waals surface area contributed by atoms with Crippen LogP contribution < -0.4 is 10.6 Å². The van der Waals surface area contributed by atoms with Gasteiger partial charge in [-0.25, -0.2) is 9.07 Å². The smallest absolute Gasteiger partial charge is 0.363 e. The number of carbonyl (C=O) groups excluding carboxylic acids is 1. The monoisotopic (exact) mass is 461 g/mol. The number of fused-ring (bicyclic) bond motifs is 1. The van der Waals surface area contributed by atoms with Gasteiger partial charge in [0.1, 0.15) is 11.6 Å². The molecule has 0 bridgehead atoms. The highest BCUT2D eigenvalue weighted by atomic mass is 19.4. The third-order valence-corrected chi connectivity index (χ3v) is 5.74. The van der Waals surface area contributed by atoms with Crippen LogP contribution in [0.1, 0.15) is 47.8 Å². The van der Waals surface area contributed by atoms with E-state index >= 15 is 0 Å². The Morgan fingerprint density at radius 3 is 2.67 bits per heavy atom. The van der Waals surface area contributed by atoms with E-state index in [0.29, 0.717) is 5.56 Å². The number of nitrogens with one attached hydrogen (secondary N) is 2. The molecule has 3 heterocycles. The molecule has 4 rings (SSSR count). The Morgan fingerprint density at radius 1 is 1.24 bits per heavy atom. The van der Waals surface area contributed by atoms with Gasteiger partial charge in [0.05, 0.1) is 30.9 Å². The number of halogens is 4. The van der Waals surface area contributed by atoms with Gasteiger partial charge in [0, 0.05) is 18.2 Å². The zero-order chi connectivity index (χ0) is 23.6. The van der Waals surface area contributed by atoms with Crippen LogP contribution in [0.5, 0.6) is 0 Å². The first-order chi connectivity index (χ1) is 15.8. The molecule has 1 aliphatic heterocycles. The van der Waals surface area contributed by atoms with Crippen LogP contribution in [0.15, 0.2) is 48.8 Å². The highest BCUT2D eigenvalue weighted by Gasteiger charge is 2.46. The van der Waals surface area contributed by atoms with Gasteiger partial charge in [0.15, 0.2) is 6.04 Å². The first kappa shape index (κ1) is 22.8. The molecule has 0 aliphatic carbocycles. The van der Waals surface area contributed by atoms with Crippen molar-refractivity contribution in [1.82, 2.24) is 20.1 Å². The minimum atomic E-state index is -4.50. The van der Waals surface area contributed by atoms with E-state index in [2.05, 4.69) is 20.7 Å². The summed E-state index contributed by atoms with van der Waals surface area (Å²) in [5.41, 5.74) is 2.23. The molecule has 0 radical (unpaired) electrons. The molecule has 6 nitrogen and oxygen atoms in total. The second-order valence-electron chi connectivity index (χ2n) is 7.93. The van der Waals surface area contributed by atoms with Gasteiger partial charge in [-0.15, -0.1) is 0 Å². The molecular formula is C23H23F4N5O. The minimum Gasteiger partial charge on any atom is -0.363 e. The van der Waals surface area contributed by atoms with E-state index in [-0.39, 0.29) is 30.9 Å². The molecule has 3 aromatic rings. The SMILES string of the molecule is CCc1ccc([C@H]2C[C@@H](C(F)(F)F)n3ncc(CC(=O)NCc4ncccc4F)c3N2)cc1. The van der Waals surface area contributed by atoms with Gasteiger partial charge in [0.25, 0.3) is 0 Å². The topological polar surface area (TPSA) is 71.8 Å². The van der Waals surface area contributed by atoms with Gasteiger partial charge >= 0.3 is 6.18 Å². The fourth-order valence-electron chi connectivity index (χ4n) is 3.91. The van der Waals surface area contributed by atoms with E-state index in [9.17, 15) is 22.4 Å². The summed E-state index contributed by atoms with van der Waals surface area (Å²) in [6.07, 6.45) is -1.41. The standard InChI is InChI=1S/C23H23F4N5O/c1-2-14-5-7-15(8-6-14)18-11-20(23(25,26)27)32-22(31-18)16(12-30-32)10-21(33)29-13-19-17(24)4-3-9-28-19/h3-9,12,18,20,31H,2,10-11,13H2,1H3,(H,29,33)/t18-,20+/m1/s1. The third-order valence-electron chi connectivity index (χ3n) is 5.74. The van der Waals surface area contributed by atoms with Crippen LogP contribution in [0.3, 0.4) is 0 Å². The van der Waals surface area contributed by atoms with Crippen molar-refractivity contribution in [2.45, 2.75) is 51.0 Å². The summed E-state index contributed by atoms with van der Waals surface area (Å²) in [6.45, 7) is 1.88.